The maximum Gasteiger partial charge on any atom is 0.135 e. The Hall–Kier alpha value is -6.75. The summed E-state index contributed by atoms with van der Waals surface area (Å²) < 4.78 is 6.47. The number of nitrogens with one attached hydrogen (secondary N) is 2. The van der Waals surface area contributed by atoms with E-state index in [1.165, 1.54) is 33.0 Å². The number of hydrogen-bond donors (Lipinski definition) is 2. The van der Waals surface area contributed by atoms with E-state index < -0.39 is 0 Å². The zero-order valence-electron chi connectivity index (χ0n) is 28.9. The molecule has 4 nitrogen and oxygen atoms in total. The second-order valence-corrected chi connectivity index (χ2v) is 13.6. The molecule has 252 valence electrons. The normalized spacial score (nSPS) is 15.7. The molecular weight excluding hydrogens is 647 g/mol. The molecule has 8 aromatic carbocycles. The molecule has 0 radical (unpaired) electrons. The van der Waals surface area contributed by atoms with Crippen LogP contribution in [0.3, 0.4) is 0 Å². The molecule has 0 fully saturated rings. The molecule has 0 aliphatic carbocycles. The highest BCUT2D eigenvalue weighted by atomic mass is 16.3. The molecule has 1 aliphatic heterocycles. The number of furan rings is 1. The minimum absolute atomic E-state index is 0.233. The fraction of sp³-hybridized carbons (Fsp3) is 0.0408. The molecule has 0 saturated carbocycles. The average Bonchev–Trinajstić information content (AvgIpc) is 3.62. The number of amidine groups is 1. The summed E-state index contributed by atoms with van der Waals surface area (Å²) in [5.74, 6) is 0.844. The van der Waals surface area contributed by atoms with E-state index in [9.17, 15) is 0 Å². The van der Waals surface area contributed by atoms with Gasteiger partial charge in [-0.1, -0.05) is 170 Å². The van der Waals surface area contributed by atoms with E-state index in [1.54, 1.807) is 0 Å². The van der Waals surface area contributed by atoms with Gasteiger partial charge < -0.3 is 9.73 Å². The Morgan fingerprint density at radius 3 is 1.89 bits per heavy atom. The van der Waals surface area contributed by atoms with Gasteiger partial charge in [-0.2, -0.15) is 0 Å². The Kier molecular flexibility index (Phi) is 7.67. The summed E-state index contributed by atoms with van der Waals surface area (Å²) >= 11 is 0. The summed E-state index contributed by atoms with van der Waals surface area (Å²) in [7, 11) is 0. The molecule has 53 heavy (non-hydrogen) atoms. The predicted molar refractivity (Wildman–Crippen MR) is 219 cm³/mol. The zero-order chi connectivity index (χ0) is 35.1. The largest absolute Gasteiger partial charge is 0.456 e. The lowest BCUT2D eigenvalue weighted by Gasteiger charge is -2.32. The molecule has 10 rings (SSSR count). The molecule has 1 aliphatic rings. The highest BCUT2D eigenvalue weighted by Crippen LogP contribution is 2.38. The molecule has 2 atom stereocenters. The minimum atomic E-state index is -0.248. The Morgan fingerprint density at radius 2 is 1.08 bits per heavy atom. The highest BCUT2D eigenvalue weighted by molar-refractivity contribution is 6.09. The molecule has 2 heterocycles. The van der Waals surface area contributed by atoms with Crippen molar-refractivity contribution >= 4 is 38.5 Å². The lowest BCUT2D eigenvalue weighted by atomic mass is 9.96. The SMILES string of the molecule is c1ccc(-c2ccc(-c3ccc4oc5cccc(C6NC(c7ccc(-c8cccc9ccccc89)cc7)=NC(c7ccccc7)N6)c5c4c3)cc2)cc1. The first-order valence-corrected chi connectivity index (χ1v) is 18.1. The van der Waals surface area contributed by atoms with Crippen molar-refractivity contribution in [2.24, 2.45) is 4.99 Å². The van der Waals surface area contributed by atoms with Crippen LogP contribution < -0.4 is 10.6 Å². The van der Waals surface area contributed by atoms with E-state index in [2.05, 4.69) is 193 Å². The molecule has 0 bridgehead atoms. The smallest absolute Gasteiger partial charge is 0.135 e. The van der Waals surface area contributed by atoms with Crippen LogP contribution in [0, 0.1) is 0 Å². The number of aliphatic imine (C=N–C) groups is 1. The van der Waals surface area contributed by atoms with Crippen LogP contribution in [-0.4, -0.2) is 5.84 Å². The van der Waals surface area contributed by atoms with Gasteiger partial charge in [0.05, 0.1) is 0 Å². The van der Waals surface area contributed by atoms with Crippen molar-refractivity contribution in [1.82, 2.24) is 10.6 Å². The topological polar surface area (TPSA) is 49.6 Å². The first-order chi connectivity index (χ1) is 26.2. The molecule has 2 unspecified atom stereocenters. The number of nitrogens with zero attached hydrogens (tertiary/aromatic N) is 1. The molecular formula is C49H35N3O. The van der Waals surface area contributed by atoms with Crippen molar-refractivity contribution in [2.45, 2.75) is 12.3 Å². The quantitative estimate of drug-likeness (QED) is 0.184. The van der Waals surface area contributed by atoms with Crippen LogP contribution in [0.5, 0.6) is 0 Å². The Labute approximate surface area is 308 Å². The van der Waals surface area contributed by atoms with Crippen molar-refractivity contribution < 1.29 is 4.42 Å². The van der Waals surface area contributed by atoms with Gasteiger partial charge in [-0.25, -0.2) is 4.99 Å². The molecule has 2 N–H and O–H groups in total. The monoisotopic (exact) mass is 681 g/mol. The van der Waals surface area contributed by atoms with Gasteiger partial charge in [-0.05, 0) is 67.9 Å². The standard InChI is InChI=1S/C49H35N3O/c1-3-11-32(12-4-1)33-21-23-34(24-22-33)39-29-30-44-43(31-39)46-42(19-10-20-45(46)53-44)49-51-47(37-14-5-2-6-15-37)50-48(52-49)38-27-25-36(26-28-38)41-18-9-16-35-13-7-8-17-40(35)41/h1-31,47,49,51H,(H,50,52). The zero-order valence-corrected chi connectivity index (χ0v) is 28.9. The van der Waals surface area contributed by atoms with Crippen molar-refractivity contribution in [3.8, 4) is 33.4 Å². The van der Waals surface area contributed by atoms with E-state index in [1.807, 2.05) is 6.07 Å². The fourth-order valence-electron chi connectivity index (χ4n) is 7.72. The summed E-state index contributed by atoms with van der Waals surface area (Å²) in [6, 6.07) is 66.4. The number of fused-ring (bicyclic) bond motifs is 4. The first kappa shape index (κ1) is 31.0. The molecule has 9 aromatic rings. The van der Waals surface area contributed by atoms with E-state index >= 15 is 0 Å². The van der Waals surface area contributed by atoms with Crippen molar-refractivity contribution in [3.63, 3.8) is 0 Å². The van der Waals surface area contributed by atoms with E-state index in [0.29, 0.717) is 0 Å². The number of rotatable bonds is 6. The van der Waals surface area contributed by atoms with Gasteiger partial charge in [0.1, 0.15) is 29.3 Å². The van der Waals surface area contributed by atoms with E-state index in [0.717, 1.165) is 55.6 Å². The number of benzene rings is 8. The van der Waals surface area contributed by atoms with Crippen molar-refractivity contribution in [2.75, 3.05) is 0 Å². The van der Waals surface area contributed by atoms with Gasteiger partial charge in [0.25, 0.3) is 0 Å². The summed E-state index contributed by atoms with van der Waals surface area (Å²) in [4.78, 5) is 5.23. The summed E-state index contributed by atoms with van der Waals surface area (Å²) in [5.41, 5.74) is 12.1. The highest BCUT2D eigenvalue weighted by Gasteiger charge is 2.28. The lowest BCUT2D eigenvalue weighted by molar-refractivity contribution is 0.411. The molecule has 1 aromatic heterocycles. The average molecular weight is 682 g/mol. The maximum atomic E-state index is 6.47. The van der Waals surface area contributed by atoms with Crippen LogP contribution in [0.15, 0.2) is 197 Å². The Balaban J connectivity index is 1.03. The van der Waals surface area contributed by atoms with E-state index in [-0.39, 0.29) is 12.3 Å². The summed E-state index contributed by atoms with van der Waals surface area (Å²) in [5, 5.41) is 12.3. The van der Waals surface area contributed by atoms with Gasteiger partial charge in [-0.3, -0.25) is 5.32 Å². The van der Waals surface area contributed by atoms with Gasteiger partial charge in [0, 0.05) is 21.9 Å². The third-order valence-electron chi connectivity index (χ3n) is 10.4. The molecule has 0 spiro atoms. The molecule has 0 amide bonds. The first-order valence-electron chi connectivity index (χ1n) is 18.1. The lowest BCUT2D eigenvalue weighted by Crippen LogP contribution is -2.45. The van der Waals surface area contributed by atoms with Gasteiger partial charge in [-0.15, -0.1) is 0 Å². The van der Waals surface area contributed by atoms with Gasteiger partial charge in [0.2, 0.25) is 0 Å². The van der Waals surface area contributed by atoms with Gasteiger partial charge in [0.15, 0.2) is 0 Å². The van der Waals surface area contributed by atoms with E-state index in [4.69, 9.17) is 9.41 Å². The molecule has 0 saturated heterocycles. The van der Waals surface area contributed by atoms with Crippen LogP contribution in [0.25, 0.3) is 66.1 Å². The Bertz CT molecular complexity index is 2760. The van der Waals surface area contributed by atoms with Crippen LogP contribution in [0.1, 0.15) is 29.0 Å². The maximum absolute atomic E-state index is 6.47. The summed E-state index contributed by atoms with van der Waals surface area (Å²) in [6.45, 7) is 0. The molecule has 4 heteroatoms. The predicted octanol–water partition coefficient (Wildman–Crippen LogP) is 12.1. The van der Waals surface area contributed by atoms with Crippen LogP contribution >= 0.6 is 0 Å². The van der Waals surface area contributed by atoms with Crippen LogP contribution in [0.4, 0.5) is 0 Å². The summed E-state index contributed by atoms with van der Waals surface area (Å²) in [6.07, 6.45) is -0.480. The third kappa shape index (κ3) is 5.76. The van der Waals surface area contributed by atoms with Crippen molar-refractivity contribution in [3.05, 3.63) is 205 Å². The second-order valence-electron chi connectivity index (χ2n) is 13.6. The second kappa shape index (κ2) is 13.1. The van der Waals surface area contributed by atoms with Crippen molar-refractivity contribution in [1.29, 1.82) is 0 Å². The van der Waals surface area contributed by atoms with Crippen LogP contribution in [0.2, 0.25) is 0 Å². The van der Waals surface area contributed by atoms with Gasteiger partial charge >= 0.3 is 0 Å². The minimum Gasteiger partial charge on any atom is -0.456 e. The Morgan fingerprint density at radius 1 is 0.453 bits per heavy atom. The fourth-order valence-corrected chi connectivity index (χ4v) is 7.72. The third-order valence-corrected chi connectivity index (χ3v) is 10.4. The van der Waals surface area contributed by atoms with Crippen LogP contribution in [-0.2, 0) is 0 Å². The number of hydrogen-bond acceptors (Lipinski definition) is 4.